The van der Waals surface area contributed by atoms with Crippen LogP contribution in [0.3, 0.4) is 0 Å². The van der Waals surface area contributed by atoms with Crippen molar-refractivity contribution in [2.75, 3.05) is 14.1 Å². The summed E-state index contributed by atoms with van der Waals surface area (Å²) >= 11 is 0. The molecule has 1 aliphatic carbocycles. The van der Waals surface area contributed by atoms with E-state index in [1.807, 2.05) is 21.1 Å². The van der Waals surface area contributed by atoms with Crippen molar-refractivity contribution in [1.82, 2.24) is 30.1 Å². The fraction of sp³-hybridized carbons (Fsp3) is 0.600. The standard InChI is InChI=1S/C15H22N6O2/c1-9-5-12(23-19-9)15(22)16-11-6-10(7-11)14-18-17-13(21(14)4)8-20(2)3/h5,10-11H,6-8H2,1-4H3,(H,16,22). The lowest BCUT2D eigenvalue weighted by molar-refractivity contribution is 0.0869. The Morgan fingerprint density at radius 1 is 1.43 bits per heavy atom. The van der Waals surface area contributed by atoms with E-state index in [0.29, 0.717) is 11.6 Å². The van der Waals surface area contributed by atoms with Crippen LogP contribution in [0.15, 0.2) is 10.6 Å². The third-order valence-corrected chi connectivity index (χ3v) is 4.15. The van der Waals surface area contributed by atoms with Crippen LogP contribution in [0.2, 0.25) is 0 Å². The minimum atomic E-state index is -0.208. The maximum atomic E-state index is 12.0. The first-order chi connectivity index (χ1) is 10.9. The second-order valence-electron chi connectivity index (χ2n) is 6.44. The molecule has 2 aromatic rings. The summed E-state index contributed by atoms with van der Waals surface area (Å²) < 4.78 is 7.03. The van der Waals surface area contributed by atoms with Gasteiger partial charge in [0.1, 0.15) is 11.6 Å². The summed E-state index contributed by atoms with van der Waals surface area (Å²) in [5, 5.41) is 15.3. The first-order valence-electron chi connectivity index (χ1n) is 7.71. The van der Waals surface area contributed by atoms with Crippen LogP contribution in [0.4, 0.5) is 0 Å². The number of amides is 1. The molecular weight excluding hydrogens is 296 g/mol. The summed E-state index contributed by atoms with van der Waals surface area (Å²) in [6.07, 6.45) is 1.74. The van der Waals surface area contributed by atoms with Crippen LogP contribution in [0.1, 0.15) is 46.7 Å². The van der Waals surface area contributed by atoms with Gasteiger partial charge >= 0.3 is 0 Å². The summed E-state index contributed by atoms with van der Waals surface area (Å²) in [5.41, 5.74) is 0.703. The molecule has 0 radical (unpaired) electrons. The minimum Gasteiger partial charge on any atom is -0.351 e. The summed E-state index contributed by atoms with van der Waals surface area (Å²) in [7, 11) is 6.01. The summed E-state index contributed by atoms with van der Waals surface area (Å²) in [6.45, 7) is 2.56. The molecule has 1 fully saturated rings. The monoisotopic (exact) mass is 318 g/mol. The van der Waals surface area contributed by atoms with Crippen molar-refractivity contribution < 1.29 is 9.32 Å². The van der Waals surface area contributed by atoms with E-state index in [1.165, 1.54) is 0 Å². The summed E-state index contributed by atoms with van der Waals surface area (Å²) in [5.74, 6) is 2.33. The van der Waals surface area contributed by atoms with Crippen LogP contribution in [0.25, 0.3) is 0 Å². The van der Waals surface area contributed by atoms with Gasteiger partial charge < -0.3 is 19.3 Å². The van der Waals surface area contributed by atoms with Gasteiger partial charge in [-0.1, -0.05) is 5.16 Å². The number of hydrogen-bond acceptors (Lipinski definition) is 6. The van der Waals surface area contributed by atoms with Crippen molar-refractivity contribution in [2.45, 2.75) is 38.3 Å². The van der Waals surface area contributed by atoms with Crippen molar-refractivity contribution >= 4 is 5.91 Å². The molecule has 0 spiro atoms. The second kappa shape index (κ2) is 6.11. The van der Waals surface area contributed by atoms with Gasteiger partial charge in [0.25, 0.3) is 5.91 Å². The molecule has 0 aliphatic heterocycles. The van der Waals surface area contributed by atoms with Crippen LogP contribution in [-0.2, 0) is 13.6 Å². The van der Waals surface area contributed by atoms with Gasteiger partial charge in [0, 0.05) is 25.1 Å². The molecule has 2 heterocycles. The van der Waals surface area contributed by atoms with E-state index in [9.17, 15) is 4.79 Å². The van der Waals surface area contributed by atoms with Gasteiger partial charge in [-0.15, -0.1) is 10.2 Å². The number of carbonyl (C=O) groups excluding carboxylic acids is 1. The fourth-order valence-corrected chi connectivity index (χ4v) is 2.83. The molecule has 0 bridgehead atoms. The highest BCUT2D eigenvalue weighted by molar-refractivity contribution is 5.91. The molecular formula is C15H22N6O2. The zero-order valence-electron chi connectivity index (χ0n) is 13.9. The molecule has 0 saturated heterocycles. The molecule has 2 aromatic heterocycles. The van der Waals surface area contributed by atoms with Crippen molar-refractivity contribution in [3.8, 4) is 0 Å². The van der Waals surface area contributed by atoms with Gasteiger partial charge in [-0.2, -0.15) is 0 Å². The molecule has 0 unspecified atom stereocenters. The van der Waals surface area contributed by atoms with Crippen molar-refractivity contribution in [3.63, 3.8) is 0 Å². The Bertz CT molecular complexity index is 699. The molecule has 1 N–H and O–H groups in total. The second-order valence-corrected chi connectivity index (χ2v) is 6.44. The Morgan fingerprint density at radius 3 is 2.78 bits per heavy atom. The molecule has 0 aromatic carbocycles. The van der Waals surface area contributed by atoms with E-state index < -0.39 is 0 Å². The van der Waals surface area contributed by atoms with Crippen LogP contribution in [0, 0.1) is 6.92 Å². The highest BCUT2D eigenvalue weighted by Crippen LogP contribution is 2.36. The van der Waals surface area contributed by atoms with Gasteiger partial charge in [-0.05, 0) is 33.9 Å². The van der Waals surface area contributed by atoms with Crippen molar-refractivity contribution in [1.29, 1.82) is 0 Å². The van der Waals surface area contributed by atoms with Gasteiger partial charge in [-0.3, -0.25) is 4.79 Å². The highest BCUT2D eigenvalue weighted by Gasteiger charge is 2.35. The normalized spacial score (nSPS) is 20.6. The minimum absolute atomic E-state index is 0.145. The number of nitrogens with zero attached hydrogens (tertiary/aromatic N) is 5. The molecule has 1 amide bonds. The van der Waals surface area contributed by atoms with E-state index in [4.69, 9.17) is 4.52 Å². The van der Waals surface area contributed by atoms with E-state index in [2.05, 4.69) is 30.1 Å². The predicted molar refractivity (Wildman–Crippen MR) is 82.9 cm³/mol. The SMILES string of the molecule is Cc1cc(C(=O)NC2CC(c3nnc(CN(C)C)n3C)C2)on1. The average molecular weight is 318 g/mol. The summed E-state index contributed by atoms with van der Waals surface area (Å²) in [6, 6.07) is 1.79. The van der Waals surface area contributed by atoms with E-state index in [-0.39, 0.29) is 17.7 Å². The molecule has 8 nitrogen and oxygen atoms in total. The lowest BCUT2D eigenvalue weighted by Gasteiger charge is -2.34. The van der Waals surface area contributed by atoms with E-state index in [1.54, 1.807) is 13.0 Å². The van der Waals surface area contributed by atoms with Crippen LogP contribution < -0.4 is 5.32 Å². The zero-order chi connectivity index (χ0) is 16.6. The van der Waals surface area contributed by atoms with E-state index in [0.717, 1.165) is 31.0 Å². The van der Waals surface area contributed by atoms with Gasteiger partial charge in [0.2, 0.25) is 5.76 Å². The fourth-order valence-electron chi connectivity index (χ4n) is 2.83. The number of hydrogen-bond donors (Lipinski definition) is 1. The van der Waals surface area contributed by atoms with Crippen molar-refractivity contribution in [2.24, 2.45) is 7.05 Å². The Balaban J connectivity index is 1.55. The Morgan fingerprint density at radius 2 is 2.17 bits per heavy atom. The molecule has 8 heteroatoms. The number of aromatic nitrogens is 4. The lowest BCUT2D eigenvalue weighted by atomic mass is 9.79. The van der Waals surface area contributed by atoms with Crippen LogP contribution in [0.5, 0.6) is 0 Å². The Labute approximate surface area is 134 Å². The van der Waals surface area contributed by atoms with Crippen LogP contribution in [-0.4, -0.2) is 50.9 Å². The molecule has 1 aliphatic rings. The maximum Gasteiger partial charge on any atom is 0.290 e. The molecule has 1 saturated carbocycles. The number of aryl methyl sites for hydroxylation is 1. The average Bonchev–Trinajstić information content (AvgIpc) is 3.01. The number of carbonyl (C=O) groups is 1. The third-order valence-electron chi connectivity index (χ3n) is 4.15. The van der Waals surface area contributed by atoms with Gasteiger partial charge in [-0.25, -0.2) is 0 Å². The Kier molecular flexibility index (Phi) is 4.16. The predicted octanol–water partition coefficient (Wildman–Crippen LogP) is 0.849. The highest BCUT2D eigenvalue weighted by atomic mass is 16.5. The Hall–Kier alpha value is -2.22. The quantitative estimate of drug-likeness (QED) is 0.879. The third kappa shape index (κ3) is 3.26. The van der Waals surface area contributed by atoms with Crippen LogP contribution >= 0.6 is 0 Å². The zero-order valence-corrected chi connectivity index (χ0v) is 13.9. The first-order valence-corrected chi connectivity index (χ1v) is 7.71. The van der Waals surface area contributed by atoms with Gasteiger partial charge in [0.15, 0.2) is 0 Å². The maximum absolute atomic E-state index is 12.0. The molecule has 23 heavy (non-hydrogen) atoms. The number of nitrogens with one attached hydrogen (secondary N) is 1. The summed E-state index contributed by atoms with van der Waals surface area (Å²) in [4.78, 5) is 14.1. The lowest BCUT2D eigenvalue weighted by Crippen LogP contribution is -2.43. The first kappa shape index (κ1) is 15.7. The molecule has 124 valence electrons. The van der Waals surface area contributed by atoms with Gasteiger partial charge in [0.05, 0.1) is 12.2 Å². The van der Waals surface area contributed by atoms with Crippen molar-refractivity contribution in [3.05, 3.63) is 29.2 Å². The number of rotatable bonds is 5. The largest absolute Gasteiger partial charge is 0.351 e. The smallest absolute Gasteiger partial charge is 0.290 e. The molecule has 0 atom stereocenters. The topological polar surface area (TPSA) is 89.1 Å². The molecule has 3 rings (SSSR count). The van der Waals surface area contributed by atoms with E-state index >= 15 is 0 Å².